The van der Waals surface area contributed by atoms with Crippen LogP contribution in [0.4, 0.5) is 0 Å². The number of carbonyl (C=O) groups excluding carboxylic acids is 2. The molecule has 2 fully saturated rings. The Bertz CT molecular complexity index is 718. The van der Waals surface area contributed by atoms with Gasteiger partial charge in [0.15, 0.2) is 6.10 Å². The fraction of sp³-hybridized carbons (Fsp3) is 0.750. The third-order valence-electron chi connectivity index (χ3n) is 5.96. The third-order valence-corrected chi connectivity index (χ3v) is 5.96. The minimum absolute atomic E-state index is 0.0281. The van der Waals surface area contributed by atoms with Crippen molar-refractivity contribution in [3.8, 4) is 0 Å². The molecule has 3 aliphatic heterocycles. The molecule has 8 heteroatoms. The van der Waals surface area contributed by atoms with E-state index < -0.39 is 11.7 Å². The predicted octanol–water partition coefficient (Wildman–Crippen LogP) is 1.00. The van der Waals surface area contributed by atoms with Crippen LogP contribution in [0, 0.1) is 5.92 Å². The van der Waals surface area contributed by atoms with Gasteiger partial charge in [-0.25, -0.2) is 4.98 Å². The van der Waals surface area contributed by atoms with E-state index in [1.165, 1.54) is 0 Å². The lowest BCUT2D eigenvalue weighted by molar-refractivity contribution is -0.185. The molecule has 2 amide bonds. The fourth-order valence-corrected chi connectivity index (χ4v) is 4.45. The Morgan fingerprint density at radius 1 is 1.18 bits per heavy atom. The van der Waals surface area contributed by atoms with Crippen LogP contribution in [0.2, 0.25) is 0 Å². The molecule has 0 unspecified atom stereocenters. The van der Waals surface area contributed by atoms with E-state index in [-0.39, 0.29) is 11.8 Å². The SMILES string of the molecule is CC(C)CC(=O)N1CCC2(CC1)O[C@H](C(=O)N1CCOCC1)Cn1ccnc12. The number of piperidine rings is 1. The Hall–Kier alpha value is -1.93. The molecule has 0 aliphatic carbocycles. The molecule has 3 aliphatic rings. The number of rotatable bonds is 3. The number of morpholine rings is 1. The molecule has 0 radical (unpaired) electrons. The number of hydrogen-bond acceptors (Lipinski definition) is 5. The van der Waals surface area contributed by atoms with Crippen molar-refractivity contribution in [1.82, 2.24) is 19.4 Å². The van der Waals surface area contributed by atoms with Crippen LogP contribution in [-0.4, -0.2) is 76.7 Å². The van der Waals surface area contributed by atoms with E-state index in [1.807, 2.05) is 16.0 Å². The van der Waals surface area contributed by atoms with Crippen molar-refractivity contribution >= 4 is 11.8 Å². The van der Waals surface area contributed by atoms with Gasteiger partial charge in [0.05, 0.1) is 19.8 Å². The van der Waals surface area contributed by atoms with Crippen molar-refractivity contribution in [2.45, 2.75) is 51.4 Å². The summed E-state index contributed by atoms with van der Waals surface area (Å²) in [4.78, 5) is 33.8. The molecule has 2 saturated heterocycles. The Kier molecular flexibility index (Phi) is 5.42. The number of hydrogen-bond donors (Lipinski definition) is 0. The number of aromatic nitrogens is 2. The lowest BCUT2D eigenvalue weighted by Crippen LogP contribution is -2.56. The van der Waals surface area contributed by atoms with E-state index in [4.69, 9.17) is 9.47 Å². The number of carbonyl (C=O) groups is 2. The number of likely N-dealkylation sites (tertiary alicyclic amines) is 1. The molecule has 154 valence electrons. The molecule has 0 saturated carbocycles. The molecule has 0 bridgehead atoms. The van der Waals surface area contributed by atoms with Crippen molar-refractivity contribution in [3.05, 3.63) is 18.2 Å². The number of imidazole rings is 1. The minimum Gasteiger partial charge on any atom is -0.378 e. The highest BCUT2D eigenvalue weighted by atomic mass is 16.5. The molecule has 1 spiro atoms. The van der Waals surface area contributed by atoms with Gasteiger partial charge in [-0.2, -0.15) is 0 Å². The smallest absolute Gasteiger partial charge is 0.253 e. The van der Waals surface area contributed by atoms with Crippen LogP contribution in [0.3, 0.4) is 0 Å². The molecular weight excluding hydrogens is 360 g/mol. The molecule has 28 heavy (non-hydrogen) atoms. The summed E-state index contributed by atoms with van der Waals surface area (Å²) < 4.78 is 13.9. The second-order valence-corrected chi connectivity index (χ2v) is 8.42. The van der Waals surface area contributed by atoms with Crippen LogP contribution in [0.25, 0.3) is 0 Å². The van der Waals surface area contributed by atoms with E-state index >= 15 is 0 Å². The number of ether oxygens (including phenoxy) is 2. The van der Waals surface area contributed by atoms with E-state index in [9.17, 15) is 9.59 Å². The molecule has 1 aromatic rings. The molecule has 8 nitrogen and oxygen atoms in total. The summed E-state index contributed by atoms with van der Waals surface area (Å²) in [5.41, 5.74) is -0.594. The first-order chi connectivity index (χ1) is 13.5. The maximum absolute atomic E-state index is 13.1. The average molecular weight is 390 g/mol. The maximum atomic E-state index is 13.1. The van der Waals surface area contributed by atoms with E-state index in [2.05, 4.69) is 23.4 Å². The van der Waals surface area contributed by atoms with Crippen LogP contribution in [0.5, 0.6) is 0 Å². The lowest BCUT2D eigenvalue weighted by Gasteiger charge is -2.46. The molecule has 1 aromatic heterocycles. The highest BCUT2D eigenvalue weighted by Gasteiger charge is 2.48. The second kappa shape index (κ2) is 7.83. The van der Waals surface area contributed by atoms with Gasteiger partial charge in [-0.15, -0.1) is 0 Å². The van der Waals surface area contributed by atoms with Gasteiger partial charge in [0.2, 0.25) is 5.91 Å². The number of fused-ring (bicyclic) bond motifs is 2. The monoisotopic (exact) mass is 390 g/mol. The first-order valence-electron chi connectivity index (χ1n) is 10.3. The second-order valence-electron chi connectivity index (χ2n) is 8.42. The first kappa shape index (κ1) is 19.4. The van der Waals surface area contributed by atoms with E-state index in [1.54, 1.807) is 6.20 Å². The van der Waals surface area contributed by atoms with Crippen LogP contribution in [-0.2, 0) is 31.2 Å². The highest BCUT2D eigenvalue weighted by Crippen LogP contribution is 2.40. The zero-order valence-electron chi connectivity index (χ0n) is 16.8. The molecule has 4 heterocycles. The summed E-state index contributed by atoms with van der Waals surface area (Å²) in [6, 6.07) is 0. The van der Waals surface area contributed by atoms with Gasteiger partial charge < -0.3 is 23.8 Å². The normalized spacial score (nSPS) is 24.5. The van der Waals surface area contributed by atoms with Gasteiger partial charge in [-0.05, 0) is 5.92 Å². The summed E-state index contributed by atoms with van der Waals surface area (Å²) in [6.07, 6.45) is 5.09. The minimum atomic E-state index is -0.594. The molecule has 0 aromatic carbocycles. The summed E-state index contributed by atoms with van der Waals surface area (Å²) >= 11 is 0. The van der Waals surface area contributed by atoms with Crippen molar-refractivity contribution in [1.29, 1.82) is 0 Å². The quantitative estimate of drug-likeness (QED) is 0.770. The molecule has 1 atom stereocenters. The predicted molar refractivity (Wildman–Crippen MR) is 101 cm³/mol. The van der Waals surface area contributed by atoms with Crippen molar-refractivity contribution in [3.63, 3.8) is 0 Å². The molecular formula is C20H30N4O4. The zero-order valence-corrected chi connectivity index (χ0v) is 16.8. The highest BCUT2D eigenvalue weighted by molar-refractivity contribution is 5.81. The van der Waals surface area contributed by atoms with Gasteiger partial charge in [0.25, 0.3) is 5.91 Å². The van der Waals surface area contributed by atoms with E-state index in [0.29, 0.717) is 71.1 Å². The lowest BCUT2D eigenvalue weighted by atomic mass is 9.88. The fourth-order valence-electron chi connectivity index (χ4n) is 4.45. The van der Waals surface area contributed by atoms with Crippen LogP contribution < -0.4 is 0 Å². The van der Waals surface area contributed by atoms with Gasteiger partial charge in [0, 0.05) is 57.8 Å². The van der Waals surface area contributed by atoms with Crippen LogP contribution in [0.1, 0.15) is 38.9 Å². The van der Waals surface area contributed by atoms with Crippen LogP contribution >= 0.6 is 0 Å². The standard InChI is InChI=1S/C20H30N4O4/c1-15(2)13-17(25)22-6-3-20(4-7-22)19-21-5-8-24(19)14-16(28-20)18(26)23-9-11-27-12-10-23/h5,8,15-16H,3-4,6-7,9-14H2,1-2H3/t16-/m0/s1. The summed E-state index contributed by atoms with van der Waals surface area (Å²) in [6.45, 7) is 8.26. The molecule has 4 rings (SSSR count). The number of amides is 2. The summed E-state index contributed by atoms with van der Waals surface area (Å²) in [5.74, 6) is 1.46. The van der Waals surface area contributed by atoms with E-state index in [0.717, 1.165) is 5.82 Å². The Morgan fingerprint density at radius 3 is 2.57 bits per heavy atom. The number of nitrogens with zero attached hydrogens (tertiary/aromatic N) is 4. The Labute approximate surface area is 165 Å². The maximum Gasteiger partial charge on any atom is 0.253 e. The van der Waals surface area contributed by atoms with Gasteiger partial charge in [0.1, 0.15) is 11.4 Å². The van der Waals surface area contributed by atoms with Crippen LogP contribution in [0.15, 0.2) is 12.4 Å². The van der Waals surface area contributed by atoms with Crippen molar-refractivity contribution in [2.24, 2.45) is 5.92 Å². The summed E-state index contributed by atoms with van der Waals surface area (Å²) in [5, 5.41) is 0. The largest absolute Gasteiger partial charge is 0.378 e. The Morgan fingerprint density at radius 2 is 1.89 bits per heavy atom. The third kappa shape index (κ3) is 3.67. The topological polar surface area (TPSA) is 76.9 Å². The average Bonchev–Trinajstić information content (AvgIpc) is 3.18. The van der Waals surface area contributed by atoms with Crippen molar-refractivity contribution in [2.75, 3.05) is 39.4 Å². The summed E-state index contributed by atoms with van der Waals surface area (Å²) in [7, 11) is 0. The zero-order chi connectivity index (χ0) is 19.7. The van der Waals surface area contributed by atoms with Gasteiger partial charge in [-0.1, -0.05) is 13.8 Å². The molecule has 0 N–H and O–H groups in total. The first-order valence-corrected chi connectivity index (χ1v) is 10.3. The van der Waals surface area contributed by atoms with Gasteiger partial charge >= 0.3 is 0 Å². The Balaban J connectivity index is 1.49. The van der Waals surface area contributed by atoms with Gasteiger partial charge in [-0.3, -0.25) is 9.59 Å². The van der Waals surface area contributed by atoms with Crippen molar-refractivity contribution < 1.29 is 19.1 Å².